The summed E-state index contributed by atoms with van der Waals surface area (Å²) in [5, 5.41) is 8.96. The van der Waals surface area contributed by atoms with Gasteiger partial charge in [-0.1, -0.05) is 55.1 Å². The van der Waals surface area contributed by atoms with Crippen molar-refractivity contribution in [1.29, 1.82) is 0 Å². The van der Waals surface area contributed by atoms with Gasteiger partial charge in [0, 0.05) is 17.4 Å². The minimum absolute atomic E-state index is 0.308. The second-order valence-electron chi connectivity index (χ2n) is 6.45. The van der Waals surface area contributed by atoms with Crippen LogP contribution in [0.3, 0.4) is 0 Å². The number of hydrogen-bond donors (Lipinski definition) is 2. The van der Waals surface area contributed by atoms with Crippen molar-refractivity contribution in [3.8, 4) is 0 Å². The molecule has 144 valence electrons. The third-order valence-corrected chi connectivity index (χ3v) is 4.80. The van der Waals surface area contributed by atoms with Crippen LogP contribution in [-0.4, -0.2) is 26.8 Å². The Hall–Kier alpha value is -3.19. The Morgan fingerprint density at radius 2 is 1.89 bits per heavy atom. The molecule has 1 amide bonds. The molecule has 28 heavy (non-hydrogen) atoms. The van der Waals surface area contributed by atoms with Gasteiger partial charge in [0.05, 0.1) is 12.4 Å². The Labute approximate surface area is 161 Å². The minimum Gasteiger partial charge on any atom is -0.289 e. The molecule has 1 aliphatic carbocycles. The molecular weight excluding hydrogens is 364 g/mol. The van der Waals surface area contributed by atoms with Gasteiger partial charge < -0.3 is 0 Å². The van der Waals surface area contributed by atoms with Gasteiger partial charge in [-0.25, -0.2) is 24.2 Å². The van der Waals surface area contributed by atoms with Crippen LogP contribution >= 0.6 is 0 Å². The van der Waals surface area contributed by atoms with Gasteiger partial charge in [0.1, 0.15) is 0 Å². The van der Waals surface area contributed by atoms with E-state index in [-0.39, 0.29) is 0 Å². The van der Waals surface area contributed by atoms with Crippen molar-refractivity contribution in [3.05, 3.63) is 90.3 Å². The molecule has 0 radical (unpaired) electrons. The number of hydrogen-bond acceptors (Lipinski definition) is 4. The van der Waals surface area contributed by atoms with E-state index in [9.17, 15) is 9.18 Å². The molecule has 1 saturated carbocycles. The number of amides is 1. The normalized spacial score (nSPS) is 24.2. The molecule has 0 aliphatic heterocycles. The lowest BCUT2D eigenvalue weighted by molar-refractivity contribution is -0.136. The highest BCUT2D eigenvalue weighted by atomic mass is 19.1. The molecule has 7 heteroatoms. The van der Waals surface area contributed by atoms with Crippen molar-refractivity contribution in [3.63, 3.8) is 0 Å². The number of halogens is 2. The zero-order valence-electron chi connectivity index (χ0n) is 15.1. The van der Waals surface area contributed by atoms with Gasteiger partial charge in [-0.3, -0.25) is 10.0 Å². The van der Waals surface area contributed by atoms with Crippen LogP contribution in [0.2, 0.25) is 0 Å². The van der Waals surface area contributed by atoms with Gasteiger partial charge in [0.25, 0.3) is 5.91 Å². The highest BCUT2D eigenvalue weighted by Crippen LogP contribution is 2.63. The maximum Gasteiger partial charge on any atom is 0.282 e. The van der Waals surface area contributed by atoms with E-state index in [0.29, 0.717) is 22.5 Å². The fourth-order valence-corrected chi connectivity index (χ4v) is 3.37. The largest absolute Gasteiger partial charge is 0.289 e. The number of carbonyl (C=O) groups excluding carboxylic acids is 1. The molecule has 1 aliphatic rings. The van der Waals surface area contributed by atoms with E-state index < -0.39 is 29.2 Å². The molecule has 1 heterocycles. The standard InChI is InChI=1S/C21H19F2N3O2/c1-3-14(19-24-11-16(22)12-25-19)10-9-13(2)17-18(15-7-5-4-6-8-15)21(17,23)20(27)26-28/h3-12,17-18,28H,2H2,1H3,(H,26,27)/b10-9-,14-3+/t17-,18-,21-/m1/s1. The third kappa shape index (κ3) is 3.48. The molecule has 0 bridgehead atoms. The Kier molecular flexibility index (Phi) is 5.46. The fourth-order valence-electron chi connectivity index (χ4n) is 3.37. The number of rotatable bonds is 6. The first-order valence-corrected chi connectivity index (χ1v) is 8.63. The minimum atomic E-state index is -2.29. The molecule has 0 spiro atoms. The number of allylic oxidation sites excluding steroid dienone is 5. The summed E-state index contributed by atoms with van der Waals surface area (Å²) in [7, 11) is 0. The van der Waals surface area contributed by atoms with Crippen LogP contribution in [-0.2, 0) is 4.79 Å². The molecule has 3 atom stereocenters. The van der Waals surface area contributed by atoms with Crippen LogP contribution in [0.1, 0.15) is 24.2 Å². The predicted molar refractivity (Wildman–Crippen MR) is 100 cm³/mol. The number of nitrogens with one attached hydrogen (secondary N) is 1. The average molecular weight is 383 g/mol. The molecule has 1 aromatic carbocycles. The van der Waals surface area contributed by atoms with Crippen LogP contribution in [0.4, 0.5) is 8.78 Å². The topological polar surface area (TPSA) is 75.1 Å². The Balaban J connectivity index is 1.84. The molecular formula is C21H19F2N3O2. The lowest BCUT2D eigenvalue weighted by Gasteiger charge is -2.05. The molecule has 1 fully saturated rings. The van der Waals surface area contributed by atoms with Crippen molar-refractivity contribution in [2.45, 2.75) is 18.5 Å². The summed E-state index contributed by atoms with van der Waals surface area (Å²) >= 11 is 0. The Bertz CT molecular complexity index is 942. The summed E-state index contributed by atoms with van der Waals surface area (Å²) < 4.78 is 28.4. The number of alkyl halides is 1. The number of aromatic nitrogens is 2. The van der Waals surface area contributed by atoms with E-state index in [0.717, 1.165) is 12.4 Å². The van der Waals surface area contributed by atoms with E-state index in [2.05, 4.69) is 16.5 Å². The van der Waals surface area contributed by atoms with Crippen LogP contribution < -0.4 is 5.48 Å². The average Bonchev–Trinajstić information content (AvgIpc) is 3.36. The van der Waals surface area contributed by atoms with Gasteiger partial charge in [-0.15, -0.1) is 0 Å². The van der Waals surface area contributed by atoms with Gasteiger partial charge in [-0.2, -0.15) is 0 Å². The first-order valence-electron chi connectivity index (χ1n) is 8.63. The molecule has 0 unspecified atom stereocenters. The molecule has 3 rings (SSSR count). The third-order valence-electron chi connectivity index (χ3n) is 4.80. The monoisotopic (exact) mass is 383 g/mol. The Morgan fingerprint density at radius 3 is 2.46 bits per heavy atom. The van der Waals surface area contributed by atoms with Gasteiger partial charge >= 0.3 is 0 Å². The van der Waals surface area contributed by atoms with Crippen LogP contribution in [0, 0.1) is 11.7 Å². The van der Waals surface area contributed by atoms with Crippen molar-refractivity contribution in [2.24, 2.45) is 5.92 Å². The van der Waals surface area contributed by atoms with E-state index in [1.807, 2.05) is 0 Å². The fraction of sp³-hybridized carbons (Fsp3) is 0.190. The second-order valence-corrected chi connectivity index (χ2v) is 6.45. The molecule has 2 N–H and O–H groups in total. The Morgan fingerprint density at radius 1 is 1.25 bits per heavy atom. The molecule has 5 nitrogen and oxygen atoms in total. The highest BCUT2D eigenvalue weighted by Gasteiger charge is 2.72. The van der Waals surface area contributed by atoms with Crippen LogP contribution in [0.15, 0.2) is 73.1 Å². The lowest BCUT2D eigenvalue weighted by atomic mass is 10.0. The number of carbonyl (C=O) groups is 1. The SMILES string of the molecule is C=C(/C=C\C(=C/C)c1ncc(F)cn1)[C@@H]1[C@@H](c2ccccc2)[C@@]1(F)C(=O)NO. The lowest BCUT2D eigenvalue weighted by Crippen LogP contribution is -2.33. The highest BCUT2D eigenvalue weighted by molar-refractivity contribution is 5.91. The summed E-state index contributed by atoms with van der Waals surface area (Å²) in [6.45, 7) is 5.66. The first-order chi connectivity index (χ1) is 13.4. The first kappa shape index (κ1) is 19.6. The zero-order valence-corrected chi connectivity index (χ0v) is 15.1. The van der Waals surface area contributed by atoms with E-state index >= 15 is 4.39 Å². The van der Waals surface area contributed by atoms with Crippen molar-refractivity contribution in [1.82, 2.24) is 15.4 Å². The quantitative estimate of drug-likeness (QED) is 0.453. The molecule has 1 aromatic heterocycles. The summed E-state index contributed by atoms with van der Waals surface area (Å²) in [6.07, 6.45) is 7.04. The summed E-state index contributed by atoms with van der Waals surface area (Å²) in [5.41, 5.74) is 0.730. The van der Waals surface area contributed by atoms with Gasteiger partial charge in [0.15, 0.2) is 11.6 Å². The van der Waals surface area contributed by atoms with Crippen LogP contribution in [0.25, 0.3) is 5.57 Å². The molecule has 2 aromatic rings. The zero-order chi connectivity index (χ0) is 20.3. The smallest absolute Gasteiger partial charge is 0.282 e. The number of nitrogens with zero attached hydrogens (tertiary/aromatic N) is 2. The van der Waals surface area contributed by atoms with Crippen molar-refractivity contribution < 1.29 is 18.8 Å². The second kappa shape index (κ2) is 7.82. The maximum absolute atomic E-state index is 15.4. The summed E-state index contributed by atoms with van der Waals surface area (Å²) in [4.78, 5) is 19.8. The summed E-state index contributed by atoms with van der Waals surface area (Å²) in [5.74, 6) is -2.93. The van der Waals surface area contributed by atoms with Crippen molar-refractivity contribution >= 4 is 11.5 Å². The van der Waals surface area contributed by atoms with Crippen LogP contribution in [0.5, 0.6) is 0 Å². The molecule has 0 saturated heterocycles. The van der Waals surface area contributed by atoms with E-state index in [1.54, 1.807) is 55.5 Å². The summed E-state index contributed by atoms with van der Waals surface area (Å²) in [6, 6.07) is 8.76. The van der Waals surface area contributed by atoms with Gasteiger partial charge in [-0.05, 0) is 18.1 Å². The number of benzene rings is 1. The van der Waals surface area contributed by atoms with E-state index in [1.165, 1.54) is 5.48 Å². The predicted octanol–water partition coefficient (Wildman–Crippen LogP) is 3.76. The maximum atomic E-state index is 15.4. The van der Waals surface area contributed by atoms with Gasteiger partial charge in [0.2, 0.25) is 5.67 Å². The van der Waals surface area contributed by atoms with Crippen molar-refractivity contribution in [2.75, 3.05) is 0 Å². The van der Waals surface area contributed by atoms with E-state index in [4.69, 9.17) is 5.21 Å². The number of hydroxylamine groups is 1.